The van der Waals surface area contributed by atoms with E-state index in [9.17, 15) is 17.6 Å². The predicted octanol–water partition coefficient (Wildman–Crippen LogP) is 2.27. The van der Waals surface area contributed by atoms with Crippen LogP contribution in [0.25, 0.3) is 0 Å². The number of halogens is 1. The standard InChI is InChI=1S/C18H22FN3O3S/c1-12-17(10-21(3)18(23)14-4-6-15(19)7-5-14)13(2)22(20-12)16-8-9-26(24,25)11-16/h4-7,16H,8-11H2,1-3H3/t16-/m0/s1. The van der Waals surface area contributed by atoms with Crippen LogP contribution in [0.5, 0.6) is 0 Å². The van der Waals surface area contributed by atoms with Crippen LogP contribution in [0.15, 0.2) is 24.3 Å². The summed E-state index contributed by atoms with van der Waals surface area (Å²) in [7, 11) is -1.31. The molecule has 0 unspecified atom stereocenters. The maximum atomic E-state index is 13.0. The van der Waals surface area contributed by atoms with Gasteiger partial charge in [0.2, 0.25) is 0 Å². The van der Waals surface area contributed by atoms with Crippen molar-refractivity contribution in [1.82, 2.24) is 14.7 Å². The van der Waals surface area contributed by atoms with Crippen molar-refractivity contribution in [3.63, 3.8) is 0 Å². The third-order valence-electron chi connectivity index (χ3n) is 4.86. The maximum Gasteiger partial charge on any atom is 0.253 e. The molecular weight excluding hydrogens is 357 g/mol. The quantitative estimate of drug-likeness (QED) is 0.817. The monoisotopic (exact) mass is 379 g/mol. The first kappa shape index (κ1) is 18.6. The van der Waals surface area contributed by atoms with E-state index >= 15 is 0 Å². The minimum absolute atomic E-state index is 0.110. The number of aryl methyl sites for hydroxylation is 1. The molecule has 1 saturated heterocycles. The highest BCUT2D eigenvalue weighted by Crippen LogP contribution is 2.27. The molecule has 1 aromatic carbocycles. The average Bonchev–Trinajstić information content (AvgIpc) is 3.08. The summed E-state index contributed by atoms with van der Waals surface area (Å²) in [6, 6.07) is 5.29. The first-order valence-corrected chi connectivity index (χ1v) is 10.3. The van der Waals surface area contributed by atoms with Crippen molar-refractivity contribution in [2.75, 3.05) is 18.6 Å². The second kappa shape index (κ2) is 6.83. The highest BCUT2D eigenvalue weighted by Gasteiger charge is 2.31. The molecule has 26 heavy (non-hydrogen) atoms. The van der Waals surface area contributed by atoms with Gasteiger partial charge in [-0.15, -0.1) is 0 Å². The summed E-state index contributed by atoms with van der Waals surface area (Å²) in [5.74, 6) is -0.295. The minimum atomic E-state index is -3.00. The molecule has 2 aromatic rings. The van der Waals surface area contributed by atoms with E-state index in [1.54, 1.807) is 16.6 Å². The molecule has 0 bridgehead atoms. The normalized spacial score (nSPS) is 18.8. The molecule has 8 heteroatoms. The molecule has 0 aliphatic carbocycles. The van der Waals surface area contributed by atoms with E-state index in [1.807, 2.05) is 13.8 Å². The summed E-state index contributed by atoms with van der Waals surface area (Å²) in [5, 5.41) is 4.52. The van der Waals surface area contributed by atoms with Gasteiger partial charge in [0.1, 0.15) is 5.82 Å². The van der Waals surface area contributed by atoms with E-state index in [2.05, 4.69) is 5.10 Å². The van der Waals surface area contributed by atoms with Crippen LogP contribution in [-0.4, -0.2) is 47.6 Å². The Morgan fingerprint density at radius 2 is 1.96 bits per heavy atom. The van der Waals surface area contributed by atoms with E-state index in [-0.39, 0.29) is 29.3 Å². The molecule has 140 valence electrons. The van der Waals surface area contributed by atoms with E-state index in [1.165, 1.54) is 24.3 Å². The van der Waals surface area contributed by atoms with Crippen molar-refractivity contribution < 1.29 is 17.6 Å². The summed E-state index contributed by atoms with van der Waals surface area (Å²) >= 11 is 0. The van der Waals surface area contributed by atoms with Crippen LogP contribution in [0.4, 0.5) is 4.39 Å². The Morgan fingerprint density at radius 3 is 2.54 bits per heavy atom. The molecule has 0 spiro atoms. The fraction of sp³-hybridized carbons (Fsp3) is 0.444. The minimum Gasteiger partial charge on any atom is -0.337 e. The highest BCUT2D eigenvalue weighted by atomic mass is 32.2. The SMILES string of the molecule is Cc1nn([C@H]2CCS(=O)(=O)C2)c(C)c1CN(C)C(=O)c1ccc(F)cc1. The highest BCUT2D eigenvalue weighted by molar-refractivity contribution is 7.91. The molecule has 1 aliphatic rings. The summed E-state index contributed by atoms with van der Waals surface area (Å²) < 4.78 is 38.3. The van der Waals surface area contributed by atoms with Gasteiger partial charge in [0.05, 0.1) is 23.2 Å². The zero-order valence-corrected chi connectivity index (χ0v) is 15.9. The van der Waals surface area contributed by atoms with Gasteiger partial charge in [-0.25, -0.2) is 12.8 Å². The zero-order chi connectivity index (χ0) is 19.1. The molecule has 1 fully saturated rings. The number of benzene rings is 1. The maximum absolute atomic E-state index is 13.0. The van der Waals surface area contributed by atoms with Crippen molar-refractivity contribution in [2.45, 2.75) is 32.9 Å². The van der Waals surface area contributed by atoms with E-state index < -0.39 is 9.84 Å². The molecule has 1 aliphatic heterocycles. The van der Waals surface area contributed by atoms with Crippen LogP contribution in [0.2, 0.25) is 0 Å². The summed E-state index contributed by atoms with van der Waals surface area (Å²) in [6.07, 6.45) is 0.564. The second-order valence-corrected chi connectivity index (χ2v) is 9.05. The third-order valence-corrected chi connectivity index (χ3v) is 6.61. The molecule has 0 saturated carbocycles. The predicted molar refractivity (Wildman–Crippen MR) is 96.2 cm³/mol. The smallest absolute Gasteiger partial charge is 0.253 e. The van der Waals surface area contributed by atoms with Crippen LogP contribution in [0, 0.1) is 19.7 Å². The first-order valence-electron chi connectivity index (χ1n) is 8.44. The van der Waals surface area contributed by atoms with Crippen molar-refractivity contribution in [3.05, 3.63) is 52.6 Å². The molecule has 3 rings (SSSR count). The number of carbonyl (C=O) groups is 1. The fourth-order valence-electron chi connectivity index (χ4n) is 3.37. The van der Waals surface area contributed by atoms with Gasteiger partial charge in [-0.3, -0.25) is 9.48 Å². The molecule has 0 N–H and O–H groups in total. The molecule has 1 aromatic heterocycles. The largest absolute Gasteiger partial charge is 0.337 e. The van der Waals surface area contributed by atoms with Gasteiger partial charge in [0.25, 0.3) is 5.91 Å². The lowest BCUT2D eigenvalue weighted by molar-refractivity contribution is 0.0784. The molecule has 1 atom stereocenters. The van der Waals surface area contributed by atoms with Crippen LogP contribution < -0.4 is 0 Å². The van der Waals surface area contributed by atoms with Crippen LogP contribution in [0.3, 0.4) is 0 Å². The number of nitrogens with zero attached hydrogens (tertiary/aromatic N) is 3. The summed E-state index contributed by atoms with van der Waals surface area (Å²) in [4.78, 5) is 14.1. The average molecular weight is 379 g/mol. The fourth-order valence-corrected chi connectivity index (χ4v) is 5.06. The van der Waals surface area contributed by atoms with Crippen LogP contribution in [0.1, 0.15) is 39.8 Å². The Kier molecular flexibility index (Phi) is 4.88. The number of rotatable bonds is 4. The lowest BCUT2D eigenvalue weighted by atomic mass is 10.1. The lowest BCUT2D eigenvalue weighted by Gasteiger charge is -2.18. The van der Waals surface area contributed by atoms with Crippen LogP contribution in [-0.2, 0) is 16.4 Å². The zero-order valence-electron chi connectivity index (χ0n) is 15.1. The number of sulfone groups is 1. The van der Waals surface area contributed by atoms with Gasteiger partial charge in [-0.05, 0) is 44.5 Å². The van der Waals surface area contributed by atoms with Crippen LogP contribution >= 0.6 is 0 Å². The van der Waals surface area contributed by atoms with Gasteiger partial charge >= 0.3 is 0 Å². The van der Waals surface area contributed by atoms with Gasteiger partial charge in [-0.1, -0.05) is 0 Å². The number of hydrogen-bond acceptors (Lipinski definition) is 4. The molecular formula is C18H22FN3O3S. The van der Waals surface area contributed by atoms with Crippen molar-refractivity contribution in [2.24, 2.45) is 0 Å². The second-order valence-electron chi connectivity index (χ2n) is 6.82. The van der Waals surface area contributed by atoms with Crippen molar-refractivity contribution in [3.8, 4) is 0 Å². The lowest BCUT2D eigenvalue weighted by Crippen LogP contribution is -2.26. The molecule has 2 heterocycles. The number of amides is 1. The van der Waals surface area contributed by atoms with E-state index in [4.69, 9.17) is 0 Å². The first-order chi connectivity index (χ1) is 12.2. The number of hydrogen-bond donors (Lipinski definition) is 0. The van der Waals surface area contributed by atoms with Gasteiger partial charge in [0, 0.05) is 30.4 Å². The summed E-state index contributed by atoms with van der Waals surface area (Å²) in [6.45, 7) is 4.11. The number of aromatic nitrogens is 2. The Balaban J connectivity index is 1.79. The van der Waals surface area contributed by atoms with Gasteiger partial charge in [-0.2, -0.15) is 5.10 Å². The topological polar surface area (TPSA) is 72.3 Å². The Hall–Kier alpha value is -2.22. The summed E-state index contributed by atoms with van der Waals surface area (Å²) in [5.41, 5.74) is 2.99. The van der Waals surface area contributed by atoms with Gasteiger partial charge < -0.3 is 4.90 Å². The van der Waals surface area contributed by atoms with E-state index in [0.29, 0.717) is 18.5 Å². The van der Waals surface area contributed by atoms with E-state index in [0.717, 1.165) is 17.0 Å². The Labute approximate surface area is 152 Å². The number of carbonyl (C=O) groups excluding carboxylic acids is 1. The molecule has 1 amide bonds. The molecule has 6 nitrogen and oxygen atoms in total. The third kappa shape index (κ3) is 3.65. The van der Waals surface area contributed by atoms with Crippen molar-refractivity contribution >= 4 is 15.7 Å². The molecule has 0 radical (unpaired) electrons. The Bertz CT molecular complexity index is 935. The Morgan fingerprint density at radius 1 is 1.31 bits per heavy atom. The van der Waals surface area contributed by atoms with Crippen molar-refractivity contribution in [1.29, 1.82) is 0 Å². The van der Waals surface area contributed by atoms with Gasteiger partial charge in [0.15, 0.2) is 9.84 Å².